The molecule has 2 N–H and O–H groups in total. The molecule has 0 radical (unpaired) electrons. The zero-order valence-electron chi connectivity index (χ0n) is 8.37. The molecule has 1 aliphatic rings. The standard InChI is InChI=1S/C10H10Br2N4/c11-8-2-1-3-9(12)7(8)6-15-16-10-13-4-5-14-10/h1-3,6H,4-5H2,(H2,13,14,16). The van der Waals surface area contributed by atoms with Crippen LogP contribution in [0.2, 0.25) is 0 Å². The fourth-order valence-corrected chi connectivity index (χ4v) is 2.47. The Morgan fingerprint density at radius 1 is 1.38 bits per heavy atom. The number of hydrogen-bond donors (Lipinski definition) is 2. The molecule has 0 fully saturated rings. The molecule has 16 heavy (non-hydrogen) atoms. The van der Waals surface area contributed by atoms with Crippen LogP contribution in [-0.2, 0) is 0 Å². The molecule has 2 rings (SSSR count). The summed E-state index contributed by atoms with van der Waals surface area (Å²) in [4.78, 5) is 4.17. The van der Waals surface area contributed by atoms with Crippen LogP contribution < -0.4 is 10.7 Å². The maximum atomic E-state index is 4.17. The van der Waals surface area contributed by atoms with E-state index in [1.807, 2.05) is 18.2 Å². The predicted octanol–water partition coefficient (Wildman–Crippen LogP) is 2.09. The highest BCUT2D eigenvalue weighted by molar-refractivity contribution is 9.11. The lowest BCUT2D eigenvalue weighted by molar-refractivity contribution is 0.919. The van der Waals surface area contributed by atoms with Crippen molar-refractivity contribution in [1.82, 2.24) is 10.7 Å². The molecule has 1 aromatic rings. The van der Waals surface area contributed by atoms with Gasteiger partial charge >= 0.3 is 0 Å². The molecule has 0 aliphatic carbocycles. The summed E-state index contributed by atoms with van der Waals surface area (Å²) < 4.78 is 1.99. The van der Waals surface area contributed by atoms with E-state index in [0.717, 1.165) is 33.6 Å². The summed E-state index contributed by atoms with van der Waals surface area (Å²) in [6.45, 7) is 1.67. The van der Waals surface area contributed by atoms with Gasteiger partial charge in [0, 0.05) is 21.1 Å². The van der Waals surface area contributed by atoms with E-state index in [4.69, 9.17) is 0 Å². The van der Waals surface area contributed by atoms with Gasteiger partial charge in [-0.1, -0.05) is 37.9 Å². The monoisotopic (exact) mass is 344 g/mol. The normalized spacial score (nSPS) is 15.0. The topological polar surface area (TPSA) is 48.8 Å². The number of hydrazone groups is 1. The van der Waals surface area contributed by atoms with E-state index in [9.17, 15) is 0 Å². The predicted molar refractivity (Wildman–Crippen MR) is 72.9 cm³/mol. The second-order valence-electron chi connectivity index (χ2n) is 3.16. The van der Waals surface area contributed by atoms with Crippen LogP contribution in [0.15, 0.2) is 37.2 Å². The van der Waals surface area contributed by atoms with Crippen molar-refractivity contribution in [3.63, 3.8) is 0 Å². The van der Waals surface area contributed by atoms with E-state index >= 15 is 0 Å². The first-order valence-electron chi connectivity index (χ1n) is 4.79. The highest BCUT2D eigenvalue weighted by Gasteiger charge is 2.03. The maximum Gasteiger partial charge on any atom is 0.212 e. The lowest BCUT2D eigenvalue weighted by atomic mass is 10.2. The minimum Gasteiger partial charge on any atom is -0.353 e. The quantitative estimate of drug-likeness (QED) is 0.637. The SMILES string of the molecule is Brc1cccc(Br)c1C=NNC1=NCCN1. The van der Waals surface area contributed by atoms with Gasteiger partial charge in [-0.15, -0.1) is 0 Å². The Kier molecular flexibility index (Phi) is 3.95. The van der Waals surface area contributed by atoms with Gasteiger partial charge in [-0.2, -0.15) is 5.10 Å². The number of hydrogen-bond acceptors (Lipinski definition) is 4. The van der Waals surface area contributed by atoms with Crippen molar-refractivity contribution >= 4 is 44.0 Å². The second kappa shape index (κ2) is 5.45. The molecular weight excluding hydrogens is 336 g/mol. The molecule has 1 aliphatic heterocycles. The molecule has 1 heterocycles. The Morgan fingerprint density at radius 3 is 2.75 bits per heavy atom. The van der Waals surface area contributed by atoms with Crippen molar-refractivity contribution in [2.75, 3.05) is 13.1 Å². The Morgan fingerprint density at radius 2 is 2.12 bits per heavy atom. The fraction of sp³-hybridized carbons (Fsp3) is 0.200. The highest BCUT2D eigenvalue weighted by atomic mass is 79.9. The Balaban J connectivity index is 2.05. The zero-order chi connectivity index (χ0) is 11.4. The Labute approximate surface area is 110 Å². The summed E-state index contributed by atoms with van der Waals surface area (Å²) in [6, 6.07) is 5.90. The first kappa shape index (κ1) is 11.6. The molecule has 0 amide bonds. The van der Waals surface area contributed by atoms with Gasteiger partial charge in [0.1, 0.15) is 0 Å². The van der Waals surface area contributed by atoms with Crippen LogP contribution in [0.25, 0.3) is 0 Å². The molecule has 0 unspecified atom stereocenters. The summed E-state index contributed by atoms with van der Waals surface area (Å²) >= 11 is 6.93. The van der Waals surface area contributed by atoms with Gasteiger partial charge in [0.05, 0.1) is 12.8 Å². The number of aliphatic imine (C=N–C) groups is 1. The number of nitrogens with zero attached hydrogens (tertiary/aromatic N) is 2. The van der Waals surface area contributed by atoms with Crippen LogP contribution in [0.1, 0.15) is 5.56 Å². The molecule has 0 atom stereocenters. The molecule has 4 nitrogen and oxygen atoms in total. The van der Waals surface area contributed by atoms with Crippen molar-refractivity contribution < 1.29 is 0 Å². The summed E-state index contributed by atoms with van der Waals surface area (Å²) in [5.74, 6) is 0.722. The number of rotatable bonds is 2. The van der Waals surface area contributed by atoms with Crippen LogP contribution in [0.5, 0.6) is 0 Å². The minimum atomic E-state index is 0.722. The van der Waals surface area contributed by atoms with E-state index in [1.165, 1.54) is 0 Å². The van der Waals surface area contributed by atoms with Crippen molar-refractivity contribution in [2.45, 2.75) is 0 Å². The summed E-state index contributed by atoms with van der Waals surface area (Å²) in [6.07, 6.45) is 1.75. The third-order valence-corrected chi connectivity index (χ3v) is 3.42. The number of guanidine groups is 1. The van der Waals surface area contributed by atoms with Gasteiger partial charge in [-0.05, 0) is 12.1 Å². The second-order valence-corrected chi connectivity index (χ2v) is 4.87. The third-order valence-electron chi connectivity index (χ3n) is 2.04. The third kappa shape index (κ3) is 2.82. The molecule has 0 aromatic heterocycles. The van der Waals surface area contributed by atoms with Crippen molar-refractivity contribution in [2.24, 2.45) is 10.1 Å². The van der Waals surface area contributed by atoms with Gasteiger partial charge in [0.25, 0.3) is 0 Å². The van der Waals surface area contributed by atoms with Crippen molar-refractivity contribution in [3.05, 3.63) is 32.7 Å². The molecule has 1 aromatic carbocycles. The van der Waals surface area contributed by atoms with E-state index in [2.05, 4.69) is 52.7 Å². The van der Waals surface area contributed by atoms with Gasteiger partial charge in [-0.3, -0.25) is 0 Å². The average molecular weight is 346 g/mol. The summed E-state index contributed by atoms with van der Waals surface area (Å²) in [5, 5.41) is 7.19. The maximum absolute atomic E-state index is 4.17. The zero-order valence-corrected chi connectivity index (χ0v) is 11.5. The average Bonchev–Trinajstić information content (AvgIpc) is 2.75. The highest BCUT2D eigenvalue weighted by Crippen LogP contribution is 2.22. The van der Waals surface area contributed by atoms with Crippen LogP contribution in [0, 0.1) is 0 Å². The molecule has 0 spiro atoms. The minimum absolute atomic E-state index is 0.722. The molecular formula is C10H10Br2N4. The van der Waals surface area contributed by atoms with Crippen LogP contribution in [0.3, 0.4) is 0 Å². The summed E-state index contributed by atoms with van der Waals surface area (Å²) in [5.41, 5.74) is 3.85. The lowest BCUT2D eigenvalue weighted by Gasteiger charge is -2.02. The van der Waals surface area contributed by atoms with E-state index < -0.39 is 0 Å². The van der Waals surface area contributed by atoms with Crippen LogP contribution in [0.4, 0.5) is 0 Å². The van der Waals surface area contributed by atoms with Gasteiger partial charge in [-0.25, -0.2) is 10.4 Å². The summed E-state index contributed by atoms with van der Waals surface area (Å²) in [7, 11) is 0. The number of nitrogens with one attached hydrogen (secondary N) is 2. The van der Waals surface area contributed by atoms with Gasteiger partial charge in [0.15, 0.2) is 0 Å². The Bertz CT molecular complexity index is 422. The first-order valence-corrected chi connectivity index (χ1v) is 6.37. The fourth-order valence-electron chi connectivity index (χ4n) is 1.26. The molecule has 6 heteroatoms. The van der Waals surface area contributed by atoms with Crippen LogP contribution in [-0.4, -0.2) is 25.3 Å². The number of benzene rings is 1. The van der Waals surface area contributed by atoms with Gasteiger partial charge < -0.3 is 5.32 Å². The van der Waals surface area contributed by atoms with E-state index in [0.29, 0.717) is 0 Å². The molecule has 0 saturated heterocycles. The Hall–Kier alpha value is -0.880. The van der Waals surface area contributed by atoms with Crippen LogP contribution >= 0.6 is 31.9 Å². The van der Waals surface area contributed by atoms with Crippen molar-refractivity contribution in [1.29, 1.82) is 0 Å². The molecule has 0 bridgehead atoms. The van der Waals surface area contributed by atoms with E-state index in [-0.39, 0.29) is 0 Å². The smallest absolute Gasteiger partial charge is 0.212 e. The van der Waals surface area contributed by atoms with E-state index in [1.54, 1.807) is 6.21 Å². The van der Waals surface area contributed by atoms with Gasteiger partial charge in [0.2, 0.25) is 5.96 Å². The number of halogens is 2. The largest absolute Gasteiger partial charge is 0.353 e. The van der Waals surface area contributed by atoms with Crippen molar-refractivity contribution in [3.8, 4) is 0 Å². The molecule has 0 saturated carbocycles. The lowest BCUT2D eigenvalue weighted by Crippen LogP contribution is -2.30. The first-order chi connectivity index (χ1) is 7.77. The molecule has 84 valence electrons.